The van der Waals surface area contributed by atoms with Crippen molar-refractivity contribution in [2.24, 2.45) is 46.3 Å². The number of hydrogen-bond acceptors (Lipinski definition) is 5. The predicted octanol–water partition coefficient (Wildman–Crippen LogP) is 2.34. The summed E-state index contributed by atoms with van der Waals surface area (Å²) in [5.74, 6) is 5.43. The largest absolute Gasteiger partial charge is 0.352 e. The van der Waals surface area contributed by atoms with Crippen LogP contribution in [-0.2, 0) is 4.79 Å². The Kier molecular flexibility index (Phi) is 2.52. The zero-order valence-corrected chi connectivity index (χ0v) is 19.3. The van der Waals surface area contributed by atoms with Gasteiger partial charge in [0.1, 0.15) is 5.78 Å². The highest BCUT2D eigenvalue weighted by atomic mass is 32.2. The Morgan fingerprint density at radius 2 is 1.52 bits per heavy atom. The topological polar surface area (TPSA) is 66.0 Å². The number of nitrogens with zero attached hydrogens (tertiary/aromatic N) is 3. The second kappa shape index (κ2) is 4.76. The second-order valence-electron chi connectivity index (χ2n) is 11.3. The monoisotopic (exact) mass is 475 g/mol. The summed E-state index contributed by atoms with van der Waals surface area (Å²) in [4.78, 5) is 42.2. The summed E-state index contributed by atoms with van der Waals surface area (Å²) < 4.78 is 4.83. The summed E-state index contributed by atoms with van der Waals surface area (Å²) in [6.45, 7) is 0. The minimum atomic E-state index is -0.488. The Balaban J connectivity index is 1.35. The minimum Gasteiger partial charge on any atom is -0.299 e. The average molecular weight is 476 g/mol. The number of Topliss-reactive ketones (excluding diaryl/α,β-unsaturated/α-hetero) is 1. The SMILES string of the molecule is O=C1[C@H]2[C@@H]3C[C@@H]4[C@H]2C2(SCCS2)[C@]25[C@@H]4[C@@H]3[C@]12[C@@H]1C=C[C@H]5n2c(=O)n(-c3ccccc3)c(=O)n21. The molecule has 9 aliphatic rings. The molecule has 8 heteroatoms. The number of allylic oxidation sites excluding steroid dienone is 2. The van der Waals surface area contributed by atoms with Gasteiger partial charge < -0.3 is 0 Å². The average Bonchev–Trinajstić information content (AvgIpc) is 3.58. The molecule has 1 aromatic heterocycles. The number of benzene rings is 1. The van der Waals surface area contributed by atoms with Gasteiger partial charge in [0, 0.05) is 22.8 Å². The quantitative estimate of drug-likeness (QED) is 0.593. The molecule has 0 unspecified atom stereocenters. The fourth-order valence-electron chi connectivity index (χ4n) is 11.4. The summed E-state index contributed by atoms with van der Waals surface area (Å²) in [7, 11) is 0. The van der Waals surface area contributed by atoms with Gasteiger partial charge in [0.2, 0.25) is 0 Å². The zero-order chi connectivity index (χ0) is 21.6. The summed E-state index contributed by atoms with van der Waals surface area (Å²) >= 11 is 4.21. The molecule has 1 aromatic carbocycles. The molecular weight excluding hydrogens is 454 g/mol. The van der Waals surface area contributed by atoms with Crippen LogP contribution in [-0.4, -0.2) is 35.3 Å². The van der Waals surface area contributed by atoms with Gasteiger partial charge >= 0.3 is 11.4 Å². The third kappa shape index (κ3) is 1.24. The Hall–Kier alpha value is -1.93. The molecular formula is C25H21N3O3S2. The van der Waals surface area contributed by atoms with Gasteiger partial charge in [-0.05, 0) is 48.1 Å². The summed E-state index contributed by atoms with van der Waals surface area (Å²) in [6, 6.07) is 8.72. The predicted molar refractivity (Wildman–Crippen MR) is 125 cm³/mol. The van der Waals surface area contributed by atoms with Crippen molar-refractivity contribution in [3.63, 3.8) is 0 Å². The third-order valence-corrected chi connectivity index (χ3v) is 15.2. The first-order chi connectivity index (χ1) is 16.1. The van der Waals surface area contributed by atoms with Crippen LogP contribution in [0.1, 0.15) is 18.5 Å². The summed E-state index contributed by atoms with van der Waals surface area (Å²) in [6.07, 6.45) is 5.53. The lowest BCUT2D eigenvalue weighted by Crippen LogP contribution is -2.80. The van der Waals surface area contributed by atoms with Gasteiger partial charge in [0.05, 0.1) is 27.3 Å². The minimum absolute atomic E-state index is 0.0198. The van der Waals surface area contributed by atoms with Crippen molar-refractivity contribution in [2.45, 2.75) is 22.6 Å². The number of aromatic nitrogens is 3. The first-order valence-electron chi connectivity index (χ1n) is 12.1. The molecule has 1 saturated heterocycles. The lowest BCUT2D eigenvalue weighted by molar-refractivity contribution is -0.239. The molecule has 33 heavy (non-hydrogen) atoms. The van der Waals surface area contributed by atoms with E-state index in [1.807, 2.05) is 30.3 Å². The highest BCUT2D eigenvalue weighted by Gasteiger charge is 3.03. The number of carbonyl (C=O) groups is 1. The highest BCUT2D eigenvalue weighted by molar-refractivity contribution is 8.21. The number of hydrogen-bond donors (Lipinski definition) is 0. The molecule has 11 rings (SSSR count). The number of thioether (sulfide) groups is 2. The molecule has 6 nitrogen and oxygen atoms in total. The first kappa shape index (κ1) is 17.5. The van der Waals surface area contributed by atoms with Crippen LogP contribution in [0.2, 0.25) is 0 Å². The maximum absolute atomic E-state index is 14.4. The van der Waals surface area contributed by atoms with Crippen molar-refractivity contribution in [3.8, 4) is 5.69 Å². The molecule has 5 saturated carbocycles. The van der Waals surface area contributed by atoms with Crippen molar-refractivity contribution in [2.75, 3.05) is 11.5 Å². The normalized spacial score (nSPS) is 51.1. The van der Waals surface area contributed by atoms with E-state index in [9.17, 15) is 14.4 Å². The number of carbonyl (C=O) groups excluding carboxylic acids is 1. The van der Waals surface area contributed by atoms with E-state index >= 15 is 0 Å². The van der Waals surface area contributed by atoms with E-state index in [2.05, 4.69) is 35.7 Å². The van der Waals surface area contributed by atoms with Crippen molar-refractivity contribution in [3.05, 3.63) is 63.5 Å². The van der Waals surface area contributed by atoms with E-state index in [0.29, 0.717) is 41.1 Å². The fraction of sp³-hybridized carbons (Fsp3) is 0.560. The Labute approximate surface area is 197 Å². The van der Waals surface area contributed by atoms with E-state index in [-0.39, 0.29) is 38.9 Å². The van der Waals surface area contributed by atoms with Crippen LogP contribution >= 0.6 is 23.5 Å². The van der Waals surface area contributed by atoms with Crippen LogP contribution < -0.4 is 11.4 Å². The van der Waals surface area contributed by atoms with Gasteiger partial charge in [-0.3, -0.25) is 4.79 Å². The summed E-state index contributed by atoms with van der Waals surface area (Å²) in [5.41, 5.74) is -0.649. The van der Waals surface area contributed by atoms with E-state index in [0.717, 1.165) is 11.5 Å². The molecule has 3 spiro atoms. The van der Waals surface area contributed by atoms with Crippen molar-refractivity contribution >= 4 is 29.3 Å². The fourth-order valence-corrected chi connectivity index (χ4v) is 15.8. The molecule has 6 fully saturated rings. The summed E-state index contributed by atoms with van der Waals surface area (Å²) in [5, 5.41) is 0. The third-order valence-electron chi connectivity index (χ3n) is 11.3. The molecule has 4 bridgehead atoms. The van der Waals surface area contributed by atoms with Crippen LogP contribution in [0.4, 0.5) is 0 Å². The van der Waals surface area contributed by atoms with Crippen molar-refractivity contribution in [1.29, 1.82) is 0 Å². The van der Waals surface area contributed by atoms with Crippen molar-refractivity contribution < 1.29 is 4.79 Å². The van der Waals surface area contributed by atoms with Gasteiger partial charge in [0.25, 0.3) is 0 Å². The molecule has 0 radical (unpaired) electrons. The molecule has 10 atom stereocenters. The van der Waals surface area contributed by atoms with Gasteiger partial charge in [-0.15, -0.1) is 23.5 Å². The van der Waals surface area contributed by atoms with Gasteiger partial charge in [0.15, 0.2) is 0 Å². The maximum Gasteiger partial charge on any atom is 0.352 e. The smallest absolute Gasteiger partial charge is 0.299 e. The standard InChI is InChI=1S/C25H21N3O3S2/c29-20-16-12-10-13-17(16)25(32-8-9-33-25)24-15-7-6-14(23(20,24)18(12)19(13)24)27-21(30)26(22(31)28(15)27)11-4-2-1-3-5-11/h1-7,12-19H,8-10H2/t12-,13+,14-,15+,16-,17+,18+,19-,23+,24+/m0/s1. The highest BCUT2D eigenvalue weighted by Crippen LogP contribution is 3.01. The van der Waals surface area contributed by atoms with Crippen molar-refractivity contribution in [1.82, 2.24) is 13.9 Å². The number of rotatable bonds is 1. The van der Waals surface area contributed by atoms with E-state index in [1.54, 1.807) is 9.36 Å². The molecule has 0 amide bonds. The zero-order valence-electron chi connectivity index (χ0n) is 17.7. The first-order valence-corrected chi connectivity index (χ1v) is 14.1. The van der Waals surface area contributed by atoms with Crippen LogP contribution in [0.3, 0.4) is 0 Å². The van der Waals surface area contributed by atoms with Gasteiger partial charge in [-0.1, -0.05) is 30.4 Å². The lowest BCUT2D eigenvalue weighted by Gasteiger charge is -2.75. The number of para-hydroxylation sites is 1. The van der Waals surface area contributed by atoms with Crippen LogP contribution in [0.5, 0.6) is 0 Å². The molecule has 0 N–H and O–H groups in total. The van der Waals surface area contributed by atoms with E-state index in [4.69, 9.17) is 0 Å². The Morgan fingerprint density at radius 1 is 0.818 bits per heavy atom. The molecule has 166 valence electrons. The second-order valence-corrected chi connectivity index (χ2v) is 14.3. The Morgan fingerprint density at radius 3 is 2.27 bits per heavy atom. The molecule has 4 heterocycles. The van der Waals surface area contributed by atoms with Gasteiger partial charge in [-0.25, -0.2) is 23.5 Å². The molecule has 3 aliphatic heterocycles. The Bertz CT molecular complexity index is 1500. The lowest BCUT2D eigenvalue weighted by atomic mass is 9.33. The van der Waals surface area contributed by atoms with Gasteiger partial charge in [-0.2, -0.15) is 0 Å². The van der Waals surface area contributed by atoms with Crippen LogP contribution in [0, 0.1) is 46.3 Å². The molecule has 6 aliphatic carbocycles. The molecule has 2 aromatic rings. The van der Waals surface area contributed by atoms with E-state index < -0.39 is 5.41 Å². The van der Waals surface area contributed by atoms with E-state index in [1.165, 1.54) is 11.0 Å². The van der Waals surface area contributed by atoms with Crippen LogP contribution in [0.15, 0.2) is 52.1 Å². The number of fused-ring (bicyclic) bond motifs is 2. The van der Waals surface area contributed by atoms with Crippen LogP contribution in [0.25, 0.3) is 5.69 Å². The maximum atomic E-state index is 14.4. The number of ketones is 1.